The number of ether oxygens (including phenoxy) is 1. The summed E-state index contributed by atoms with van der Waals surface area (Å²) < 4.78 is 5.50. The summed E-state index contributed by atoms with van der Waals surface area (Å²) in [5.41, 5.74) is 2.95. The van der Waals surface area contributed by atoms with Crippen molar-refractivity contribution in [3.05, 3.63) is 66.2 Å². The van der Waals surface area contributed by atoms with E-state index < -0.39 is 0 Å². The van der Waals surface area contributed by atoms with Crippen molar-refractivity contribution in [2.24, 2.45) is 0 Å². The fourth-order valence-electron chi connectivity index (χ4n) is 1.74. The largest absolute Gasteiger partial charge is 0.508 e. The second kappa shape index (κ2) is 6.43. The minimum Gasteiger partial charge on any atom is -0.508 e. The lowest BCUT2D eigenvalue weighted by atomic mass is 9.99. The molecule has 0 amide bonds. The maximum absolute atomic E-state index is 9.28. The molecule has 0 radical (unpaired) electrons. The molecule has 0 fully saturated rings. The van der Waals surface area contributed by atoms with Crippen molar-refractivity contribution in [1.29, 1.82) is 0 Å². The summed E-state index contributed by atoms with van der Waals surface area (Å²) in [6.45, 7) is 4.74. The second-order valence-electron chi connectivity index (χ2n) is 4.09. The van der Waals surface area contributed by atoms with E-state index in [9.17, 15) is 5.11 Å². The summed E-state index contributed by atoms with van der Waals surface area (Å²) in [4.78, 5) is 0. The maximum Gasteiger partial charge on any atom is 0.119 e. The van der Waals surface area contributed by atoms with Gasteiger partial charge in [0.2, 0.25) is 0 Å². The van der Waals surface area contributed by atoms with Crippen molar-refractivity contribution >= 4 is 21.5 Å². The molecule has 2 nitrogen and oxygen atoms in total. The average Bonchev–Trinajstić information content (AvgIpc) is 2.46. The first-order valence-electron chi connectivity index (χ1n) is 5.98. The first-order valence-corrected chi connectivity index (χ1v) is 7.10. The van der Waals surface area contributed by atoms with E-state index in [4.69, 9.17) is 4.74 Å². The van der Waals surface area contributed by atoms with E-state index in [0.717, 1.165) is 27.8 Å². The fourth-order valence-corrected chi connectivity index (χ4v) is 1.90. The van der Waals surface area contributed by atoms with Crippen LogP contribution in [0.1, 0.15) is 11.1 Å². The highest BCUT2D eigenvalue weighted by Crippen LogP contribution is 2.25. The molecule has 98 valence electrons. The van der Waals surface area contributed by atoms with Gasteiger partial charge in [-0.05, 0) is 41.0 Å². The van der Waals surface area contributed by atoms with Crippen LogP contribution in [-0.4, -0.2) is 17.0 Å². The number of alkyl halides is 1. The van der Waals surface area contributed by atoms with E-state index in [-0.39, 0.29) is 5.75 Å². The Labute approximate surface area is 121 Å². The van der Waals surface area contributed by atoms with Crippen LogP contribution in [0, 0.1) is 0 Å². The summed E-state index contributed by atoms with van der Waals surface area (Å²) in [6.07, 6.45) is 0. The molecule has 3 heteroatoms. The van der Waals surface area contributed by atoms with Crippen LogP contribution in [0.15, 0.2) is 55.1 Å². The minimum atomic E-state index is 0.259. The van der Waals surface area contributed by atoms with Crippen molar-refractivity contribution in [1.82, 2.24) is 0 Å². The predicted octanol–water partition coefficient (Wildman–Crippen LogP) is 4.23. The van der Waals surface area contributed by atoms with Gasteiger partial charge in [-0.1, -0.05) is 46.8 Å². The van der Waals surface area contributed by atoms with Crippen molar-refractivity contribution < 1.29 is 9.84 Å². The van der Waals surface area contributed by atoms with Gasteiger partial charge in [-0.15, -0.1) is 0 Å². The molecule has 0 saturated heterocycles. The quantitative estimate of drug-likeness (QED) is 0.836. The van der Waals surface area contributed by atoms with Crippen LogP contribution in [0.4, 0.5) is 0 Å². The fraction of sp³-hybridized carbons (Fsp3) is 0.125. The molecule has 0 atom stereocenters. The summed E-state index contributed by atoms with van der Waals surface area (Å²) in [7, 11) is 0. The van der Waals surface area contributed by atoms with Gasteiger partial charge in [0.1, 0.15) is 11.5 Å². The van der Waals surface area contributed by atoms with Crippen LogP contribution in [-0.2, 0) is 0 Å². The van der Waals surface area contributed by atoms with Gasteiger partial charge in [-0.25, -0.2) is 0 Å². The highest BCUT2D eigenvalue weighted by Gasteiger charge is 2.03. The van der Waals surface area contributed by atoms with Crippen LogP contribution in [0.2, 0.25) is 0 Å². The molecule has 0 bridgehead atoms. The van der Waals surface area contributed by atoms with E-state index >= 15 is 0 Å². The molecular formula is C16H15BrO2. The smallest absolute Gasteiger partial charge is 0.119 e. The average molecular weight is 319 g/mol. The molecule has 0 aromatic heterocycles. The van der Waals surface area contributed by atoms with Crippen molar-refractivity contribution in [3.8, 4) is 11.5 Å². The third kappa shape index (κ3) is 3.61. The van der Waals surface area contributed by atoms with Crippen LogP contribution in [0.25, 0.3) is 5.57 Å². The summed E-state index contributed by atoms with van der Waals surface area (Å²) in [5.74, 6) is 1.11. The zero-order valence-electron chi connectivity index (χ0n) is 10.5. The number of phenols is 1. The topological polar surface area (TPSA) is 29.5 Å². The number of aromatic hydroxyl groups is 1. The monoisotopic (exact) mass is 318 g/mol. The van der Waals surface area contributed by atoms with Gasteiger partial charge in [-0.3, -0.25) is 0 Å². The number of benzene rings is 2. The molecule has 0 unspecified atom stereocenters. The molecule has 0 aliphatic heterocycles. The molecule has 0 spiro atoms. The Hall–Kier alpha value is -1.74. The third-order valence-electron chi connectivity index (χ3n) is 2.76. The number of hydrogen-bond acceptors (Lipinski definition) is 2. The van der Waals surface area contributed by atoms with Crippen molar-refractivity contribution in [3.63, 3.8) is 0 Å². The lowest BCUT2D eigenvalue weighted by Gasteiger charge is -2.08. The SMILES string of the molecule is C=C(c1ccc(O)cc1)c1ccc(OCCBr)cc1. The van der Waals surface area contributed by atoms with Crippen LogP contribution in [0.3, 0.4) is 0 Å². The van der Waals surface area contributed by atoms with Gasteiger partial charge in [0.05, 0.1) is 6.61 Å². The van der Waals surface area contributed by atoms with Gasteiger partial charge >= 0.3 is 0 Å². The van der Waals surface area contributed by atoms with E-state index in [2.05, 4.69) is 22.5 Å². The maximum atomic E-state index is 9.28. The number of halogens is 1. The number of phenolic OH excluding ortho intramolecular Hbond substituents is 1. The highest BCUT2D eigenvalue weighted by atomic mass is 79.9. The Morgan fingerprint density at radius 1 is 1.00 bits per heavy atom. The minimum absolute atomic E-state index is 0.259. The normalized spacial score (nSPS) is 10.2. The lowest BCUT2D eigenvalue weighted by Crippen LogP contribution is -1.97. The zero-order valence-corrected chi connectivity index (χ0v) is 12.1. The van der Waals surface area contributed by atoms with E-state index in [1.165, 1.54) is 0 Å². The van der Waals surface area contributed by atoms with Gasteiger partial charge in [0.15, 0.2) is 0 Å². The summed E-state index contributed by atoms with van der Waals surface area (Å²) in [5, 5.41) is 10.1. The summed E-state index contributed by atoms with van der Waals surface area (Å²) >= 11 is 3.32. The molecule has 2 rings (SSSR count). The van der Waals surface area contributed by atoms with Crippen LogP contribution in [0.5, 0.6) is 11.5 Å². The van der Waals surface area contributed by atoms with E-state index in [1.54, 1.807) is 12.1 Å². The molecule has 2 aromatic rings. The molecule has 1 N–H and O–H groups in total. The highest BCUT2D eigenvalue weighted by molar-refractivity contribution is 9.09. The number of rotatable bonds is 5. The molecule has 19 heavy (non-hydrogen) atoms. The Kier molecular flexibility index (Phi) is 4.63. The predicted molar refractivity (Wildman–Crippen MR) is 82.0 cm³/mol. The van der Waals surface area contributed by atoms with Gasteiger partial charge < -0.3 is 9.84 Å². The Balaban J connectivity index is 2.13. The third-order valence-corrected chi connectivity index (χ3v) is 3.09. The Morgan fingerprint density at radius 3 is 2.05 bits per heavy atom. The van der Waals surface area contributed by atoms with Crippen LogP contribution < -0.4 is 4.74 Å². The van der Waals surface area contributed by atoms with Crippen molar-refractivity contribution in [2.45, 2.75) is 0 Å². The Bertz CT molecular complexity index is 544. The molecule has 0 heterocycles. The second-order valence-corrected chi connectivity index (χ2v) is 4.88. The Morgan fingerprint density at radius 2 is 1.53 bits per heavy atom. The first kappa shape index (κ1) is 13.7. The van der Waals surface area contributed by atoms with Crippen molar-refractivity contribution in [2.75, 3.05) is 11.9 Å². The molecule has 0 aliphatic rings. The first-order chi connectivity index (χ1) is 9.20. The van der Waals surface area contributed by atoms with Gasteiger partial charge in [-0.2, -0.15) is 0 Å². The van der Waals surface area contributed by atoms with Crippen LogP contribution >= 0.6 is 15.9 Å². The molecule has 2 aromatic carbocycles. The van der Waals surface area contributed by atoms with Gasteiger partial charge in [0.25, 0.3) is 0 Å². The van der Waals surface area contributed by atoms with E-state index in [1.807, 2.05) is 36.4 Å². The zero-order chi connectivity index (χ0) is 13.7. The standard InChI is InChI=1S/C16H15BrO2/c1-12(13-2-6-15(18)7-3-13)14-4-8-16(9-5-14)19-11-10-17/h2-9,18H,1,10-11H2. The lowest BCUT2D eigenvalue weighted by molar-refractivity contribution is 0.345. The van der Waals surface area contributed by atoms with Gasteiger partial charge in [0, 0.05) is 5.33 Å². The number of hydrogen-bond donors (Lipinski definition) is 1. The molecular weight excluding hydrogens is 304 g/mol. The molecule has 0 saturated carbocycles. The summed E-state index contributed by atoms with van der Waals surface area (Å²) in [6, 6.07) is 14.9. The van der Waals surface area contributed by atoms with E-state index in [0.29, 0.717) is 6.61 Å². The molecule has 0 aliphatic carbocycles.